The van der Waals surface area contributed by atoms with E-state index in [1.165, 1.54) is 30.5 Å². The summed E-state index contributed by atoms with van der Waals surface area (Å²) in [5.74, 6) is 0.911. The van der Waals surface area contributed by atoms with Gasteiger partial charge in [0.15, 0.2) is 0 Å². The van der Waals surface area contributed by atoms with E-state index < -0.39 is 0 Å². The molecule has 116 valence electrons. The monoisotopic (exact) mass is 359 g/mol. The van der Waals surface area contributed by atoms with Crippen molar-refractivity contribution in [3.63, 3.8) is 0 Å². The second-order valence-electron chi connectivity index (χ2n) is 5.99. The number of likely N-dealkylation sites (tertiary alicyclic amines) is 1. The van der Waals surface area contributed by atoms with Gasteiger partial charge in [-0.25, -0.2) is 0 Å². The van der Waals surface area contributed by atoms with Gasteiger partial charge in [0.05, 0.1) is 0 Å². The van der Waals surface area contributed by atoms with Crippen molar-refractivity contribution >= 4 is 15.9 Å². The molecular weight excluding hydrogens is 338 g/mol. The van der Waals surface area contributed by atoms with Gasteiger partial charge in [-0.1, -0.05) is 52.3 Å². The summed E-state index contributed by atoms with van der Waals surface area (Å²) in [5, 5.41) is 0. The Morgan fingerprint density at radius 2 is 2.00 bits per heavy atom. The number of halogens is 1. The van der Waals surface area contributed by atoms with Gasteiger partial charge < -0.3 is 4.74 Å². The first kappa shape index (κ1) is 15.6. The topological polar surface area (TPSA) is 12.5 Å². The quantitative estimate of drug-likeness (QED) is 0.743. The van der Waals surface area contributed by atoms with Gasteiger partial charge in [-0.05, 0) is 49.6 Å². The van der Waals surface area contributed by atoms with Crippen molar-refractivity contribution in [3.8, 4) is 5.75 Å². The van der Waals surface area contributed by atoms with Crippen molar-refractivity contribution in [2.75, 3.05) is 6.54 Å². The fourth-order valence-electron chi connectivity index (χ4n) is 2.93. The molecule has 3 heteroatoms. The van der Waals surface area contributed by atoms with E-state index in [0.29, 0.717) is 12.6 Å². The fraction of sp³-hybridized carbons (Fsp3) is 0.368. The molecule has 0 aliphatic carbocycles. The molecule has 2 aromatic rings. The summed E-state index contributed by atoms with van der Waals surface area (Å²) in [7, 11) is 0. The molecular formula is C19H22BrNO. The summed E-state index contributed by atoms with van der Waals surface area (Å²) < 4.78 is 7.01. The van der Waals surface area contributed by atoms with Crippen LogP contribution in [0.2, 0.25) is 0 Å². The molecule has 0 amide bonds. The number of rotatable bonds is 5. The lowest BCUT2D eigenvalue weighted by Crippen LogP contribution is -2.26. The standard InChI is InChI=1S/C19H22BrNO/c1-15-6-5-11-21(15)13-17-9-10-18(12-19(17)20)22-14-16-7-3-2-4-8-16/h2-4,7-10,12,15H,5-6,11,13-14H2,1H3/t15-/m1/s1. The Bertz CT molecular complexity index is 614. The minimum atomic E-state index is 0.607. The van der Waals surface area contributed by atoms with Gasteiger partial charge in [0, 0.05) is 17.1 Å². The highest BCUT2D eigenvalue weighted by Gasteiger charge is 2.20. The smallest absolute Gasteiger partial charge is 0.120 e. The zero-order valence-corrected chi connectivity index (χ0v) is 14.6. The largest absolute Gasteiger partial charge is 0.489 e. The normalized spacial score (nSPS) is 18.5. The van der Waals surface area contributed by atoms with Crippen LogP contribution >= 0.6 is 15.9 Å². The molecule has 0 unspecified atom stereocenters. The van der Waals surface area contributed by atoms with Crippen LogP contribution in [-0.2, 0) is 13.2 Å². The van der Waals surface area contributed by atoms with E-state index in [1.807, 2.05) is 18.2 Å². The van der Waals surface area contributed by atoms with E-state index in [-0.39, 0.29) is 0 Å². The van der Waals surface area contributed by atoms with Crippen molar-refractivity contribution in [2.45, 2.75) is 39.0 Å². The number of ether oxygens (including phenoxy) is 1. The van der Waals surface area contributed by atoms with Crippen LogP contribution in [0, 0.1) is 0 Å². The molecule has 0 saturated carbocycles. The minimum Gasteiger partial charge on any atom is -0.489 e. The second-order valence-corrected chi connectivity index (χ2v) is 6.84. The van der Waals surface area contributed by atoms with Crippen LogP contribution < -0.4 is 4.74 Å². The molecule has 1 atom stereocenters. The van der Waals surface area contributed by atoms with Crippen molar-refractivity contribution in [3.05, 3.63) is 64.1 Å². The van der Waals surface area contributed by atoms with Crippen molar-refractivity contribution in [2.24, 2.45) is 0 Å². The third-order valence-corrected chi connectivity index (χ3v) is 5.08. The first-order valence-corrected chi connectivity index (χ1v) is 8.71. The van der Waals surface area contributed by atoms with Crippen molar-refractivity contribution in [1.82, 2.24) is 4.90 Å². The number of nitrogens with zero attached hydrogens (tertiary/aromatic N) is 1. The van der Waals surface area contributed by atoms with E-state index >= 15 is 0 Å². The van der Waals surface area contributed by atoms with Crippen LogP contribution in [0.4, 0.5) is 0 Å². The van der Waals surface area contributed by atoms with Crippen LogP contribution in [0.15, 0.2) is 53.0 Å². The summed E-state index contributed by atoms with van der Waals surface area (Å²) in [6.07, 6.45) is 2.63. The van der Waals surface area contributed by atoms with Crippen LogP contribution in [0.3, 0.4) is 0 Å². The predicted molar refractivity (Wildman–Crippen MR) is 94.0 cm³/mol. The highest BCUT2D eigenvalue weighted by molar-refractivity contribution is 9.10. The van der Waals surface area contributed by atoms with Crippen molar-refractivity contribution in [1.29, 1.82) is 0 Å². The summed E-state index contributed by atoms with van der Waals surface area (Å²) in [6.45, 7) is 5.15. The summed E-state index contributed by atoms with van der Waals surface area (Å²) in [5.41, 5.74) is 2.52. The molecule has 0 N–H and O–H groups in total. The molecule has 1 aliphatic heterocycles. The lowest BCUT2D eigenvalue weighted by atomic mass is 10.2. The molecule has 1 saturated heterocycles. The molecule has 1 heterocycles. The Hall–Kier alpha value is -1.32. The van der Waals surface area contributed by atoms with Gasteiger partial charge in [0.2, 0.25) is 0 Å². The zero-order valence-electron chi connectivity index (χ0n) is 13.0. The van der Waals surface area contributed by atoms with E-state index in [4.69, 9.17) is 4.74 Å². The lowest BCUT2D eigenvalue weighted by molar-refractivity contribution is 0.259. The van der Waals surface area contributed by atoms with Gasteiger partial charge in [-0.15, -0.1) is 0 Å². The van der Waals surface area contributed by atoms with Gasteiger partial charge >= 0.3 is 0 Å². The zero-order chi connectivity index (χ0) is 15.4. The van der Waals surface area contributed by atoms with Crippen molar-refractivity contribution < 1.29 is 4.74 Å². The van der Waals surface area contributed by atoms with Crippen LogP contribution in [-0.4, -0.2) is 17.5 Å². The average molecular weight is 360 g/mol. The Balaban J connectivity index is 1.62. The molecule has 2 aromatic carbocycles. The highest BCUT2D eigenvalue weighted by Crippen LogP contribution is 2.27. The Kier molecular flexibility index (Phi) is 5.16. The Morgan fingerprint density at radius 1 is 1.18 bits per heavy atom. The molecule has 2 nitrogen and oxygen atoms in total. The molecule has 0 aromatic heterocycles. The Labute approximate surface area is 141 Å². The Morgan fingerprint density at radius 3 is 2.68 bits per heavy atom. The predicted octanol–water partition coefficient (Wildman–Crippen LogP) is 5.01. The maximum Gasteiger partial charge on any atom is 0.120 e. The highest BCUT2D eigenvalue weighted by atomic mass is 79.9. The lowest BCUT2D eigenvalue weighted by Gasteiger charge is -2.21. The molecule has 0 spiro atoms. The van der Waals surface area contributed by atoms with E-state index in [2.05, 4.69) is 58.1 Å². The number of benzene rings is 2. The molecule has 22 heavy (non-hydrogen) atoms. The molecule has 1 fully saturated rings. The van der Waals surface area contributed by atoms with E-state index in [9.17, 15) is 0 Å². The van der Waals surface area contributed by atoms with Crippen LogP contribution in [0.25, 0.3) is 0 Å². The van der Waals surface area contributed by atoms with Gasteiger partial charge in [0.1, 0.15) is 12.4 Å². The molecule has 0 radical (unpaired) electrons. The third-order valence-electron chi connectivity index (χ3n) is 4.34. The maximum absolute atomic E-state index is 5.88. The summed E-state index contributed by atoms with van der Waals surface area (Å²) in [4.78, 5) is 2.55. The average Bonchev–Trinajstić information content (AvgIpc) is 2.94. The molecule has 0 bridgehead atoms. The summed E-state index contributed by atoms with van der Waals surface area (Å²) >= 11 is 3.69. The second kappa shape index (κ2) is 7.30. The maximum atomic E-state index is 5.88. The molecule has 3 rings (SSSR count). The van der Waals surface area contributed by atoms with E-state index in [1.54, 1.807) is 0 Å². The van der Waals surface area contributed by atoms with E-state index in [0.717, 1.165) is 16.8 Å². The molecule has 1 aliphatic rings. The SMILES string of the molecule is C[C@@H]1CCCN1Cc1ccc(OCc2ccccc2)cc1Br. The first-order chi connectivity index (χ1) is 10.7. The minimum absolute atomic E-state index is 0.607. The van der Waals surface area contributed by atoms with Crippen LogP contribution in [0.1, 0.15) is 30.9 Å². The first-order valence-electron chi connectivity index (χ1n) is 7.91. The number of hydrogen-bond donors (Lipinski definition) is 0. The van der Waals surface area contributed by atoms with Gasteiger partial charge in [-0.2, -0.15) is 0 Å². The van der Waals surface area contributed by atoms with Crippen LogP contribution in [0.5, 0.6) is 5.75 Å². The fourth-order valence-corrected chi connectivity index (χ4v) is 3.42. The van der Waals surface area contributed by atoms with Gasteiger partial charge in [0.25, 0.3) is 0 Å². The summed E-state index contributed by atoms with van der Waals surface area (Å²) in [6, 6.07) is 17.3. The number of hydrogen-bond acceptors (Lipinski definition) is 2. The third kappa shape index (κ3) is 3.90. The van der Waals surface area contributed by atoms with Gasteiger partial charge in [-0.3, -0.25) is 4.90 Å².